The van der Waals surface area contributed by atoms with Crippen LogP contribution in [-0.2, 0) is 19.6 Å². The summed E-state index contributed by atoms with van der Waals surface area (Å²) in [5, 5.41) is 5.31. The molecule has 0 radical (unpaired) electrons. The molecule has 2 N–H and O–H groups in total. The molecule has 3 aromatic rings. The number of halogens is 1. The van der Waals surface area contributed by atoms with Crippen LogP contribution < -0.4 is 15.4 Å². The van der Waals surface area contributed by atoms with Crippen LogP contribution in [0.5, 0.6) is 5.75 Å². The van der Waals surface area contributed by atoms with Crippen molar-refractivity contribution in [1.82, 2.24) is 19.5 Å². The molecule has 0 atom stereocenters. The van der Waals surface area contributed by atoms with Gasteiger partial charge in [-0.25, -0.2) is 17.8 Å². The van der Waals surface area contributed by atoms with Gasteiger partial charge in [0.1, 0.15) is 11.6 Å². The molecular weight excluding hydrogens is 529 g/mol. The lowest BCUT2D eigenvalue weighted by atomic mass is 10.0. The standard InChI is InChI=1S/C26H30FN5O6S/c1-26(2,16-31-10-12-32(13-11-31)39(35,36)20-7-4-18(27)5-8-20)30-25(34)24(33)29-19-6-9-21(22(14-19)37-3)23-15-28-17-38-23/h4-9,14-15,17H,10-13,16H2,1-3H3,(H,29,33)(H,30,34). The number of aromatic nitrogens is 1. The van der Waals surface area contributed by atoms with E-state index in [1.165, 1.54) is 36.1 Å². The van der Waals surface area contributed by atoms with Crippen molar-refractivity contribution in [2.45, 2.75) is 24.3 Å². The summed E-state index contributed by atoms with van der Waals surface area (Å²) in [7, 11) is -2.25. The predicted octanol–water partition coefficient (Wildman–Crippen LogP) is 2.33. The highest BCUT2D eigenvalue weighted by Gasteiger charge is 2.32. The molecule has 39 heavy (non-hydrogen) atoms. The number of methoxy groups -OCH3 is 1. The number of oxazole rings is 1. The number of nitrogens with zero attached hydrogens (tertiary/aromatic N) is 3. The fourth-order valence-corrected chi connectivity index (χ4v) is 5.78. The molecule has 2 heterocycles. The largest absolute Gasteiger partial charge is 0.496 e. The number of benzene rings is 2. The van der Waals surface area contributed by atoms with E-state index in [2.05, 4.69) is 15.6 Å². The van der Waals surface area contributed by atoms with E-state index in [1.54, 1.807) is 32.0 Å². The van der Waals surface area contributed by atoms with Gasteiger partial charge in [0.15, 0.2) is 12.2 Å². The SMILES string of the molecule is COc1cc(NC(=O)C(=O)NC(C)(C)CN2CCN(S(=O)(=O)c3ccc(F)cc3)CC2)ccc1-c1cnco1. The fourth-order valence-electron chi connectivity index (χ4n) is 4.36. The number of ether oxygens (including phenoxy) is 1. The Bertz CT molecular complexity index is 1420. The van der Waals surface area contributed by atoms with Crippen LogP contribution in [0.3, 0.4) is 0 Å². The summed E-state index contributed by atoms with van der Waals surface area (Å²) >= 11 is 0. The van der Waals surface area contributed by atoms with Gasteiger partial charge in [-0.2, -0.15) is 4.31 Å². The Morgan fingerprint density at radius 3 is 2.38 bits per heavy atom. The molecule has 2 aromatic carbocycles. The Morgan fingerprint density at radius 2 is 1.77 bits per heavy atom. The maximum absolute atomic E-state index is 13.2. The second-order valence-electron chi connectivity index (χ2n) is 9.71. The van der Waals surface area contributed by atoms with E-state index < -0.39 is 33.2 Å². The maximum atomic E-state index is 13.2. The zero-order valence-corrected chi connectivity index (χ0v) is 22.6. The van der Waals surface area contributed by atoms with Gasteiger partial charge in [-0.3, -0.25) is 14.5 Å². The molecule has 208 valence electrons. The molecule has 1 aromatic heterocycles. The number of piperazine rings is 1. The summed E-state index contributed by atoms with van der Waals surface area (Å²) in [4.78, 5) is 31.2. The second-order valence-corrected chi connectivity index (χ2v) is 11.6. The van der Waals surface area contributed by atoms with Crippen LogP contribution >= 0.6 is 0 Å². The number of sulfonamides is 1. The minimum Gasteiger partial charge on any atom is -0.496 e. The Labute approximate surface area is 226 Å². The van der Waals surface area contributed by atoms with Crippen LogP contribution in [0.2, 0.25) is 0 Å². The highest BCUT2D eigenvalue weighted by molar-refractivity contribution is 7.89. The number of carbonyl (C=O) groups is 2. The number of amides is 2. The maximum Gasteiger partial charge on any atom is 0.313 e. The molecule has 0 spiro atoms. The lowest BCUT2D eigenvalue weighted by Gasteiger charge is -2.38. The monoisotopic (exact) mass is 559 g/mol. The highest BCUT2D eigenvalue weighted by atomic mass is 32.2. The van der Waals surface area contributed by atoms with E-state index in [4.69, 9.17) is 9.15 Å². The van der Waals surface area contributed by atoms with Crippen LogP contribution in [0.1, 0.15) is 13.8 Å². The molecule has 0 saturated carbocycles. The van der Waals surface area contributed by atoms with Crippen LogP contribution in [0.4, 0.5) is 10.1 Å². The minimum atomic E-state index is -3.73. The van der Waals surface area contributed by atoms with E-state index in [1.807, 2.05) is 4.90 Å². The average molecular weight is 560 g/mol. The van der Waals surface area contributed by atoms with Crippen molar-refractivity contribution >= 4 is 27.5 Å². The summed E-state index contributed by atoms with van der Waals surface area (Å²) in [6.07, 6.45) is 2.84. The van der Waals surface area contributed by atoms with Gasteiger partial charge >= 0.3 is 11.8 Å². The highest BCUT2D eigenvalue weighted by Crippen LogP contribution is 2.32. The van der Waals surface area contributed by atoms with Gasteiger partial charge in [-0.1, -0.05) is 0 Å². The summed E-state index contributed by atoms with van der Waals surface area (Å²) in [6.45, 7) is 5.33. The Morgan fingerprint density at radius 1 is 1.08 bits per heavy atom. The van der Waals surface area contributed by atoms with Crippen molar-refractivity contribution in [1.29, 1.82) is 0 Å². The van der Waals surface area contributed by atoms with Crippen LogP contribution in [0.15, 0.2) is 64.4 Å². The van der Waals surface area contributed by atoms with Crippen molar-refractivity contribution < 1.29 is 31.6 Å². The van der Waals surface area contributed by atoms with Crippen LogP contribution in [0, 0.1) is 5.82 Å². The topological polar surface area (TPSA) is 134 Å². The third-order valence-electron chi connectivity index (χ3n) is 6.22. The molecule has 0 aliphatic carbocycles. The van der Waals surface area contributed by atoms with Gasteiger partial charge in [-0.15, -0.1) is 0 Å². The van der Waals surface area contributed by atoms with Gasteiger partial charge in [-0.05, 0) is 50.2 Å². The molecule has 13 heteroatoms. The molecular formula is C26H30FN5O6S. The fraction of sp³-hybridized carbons (Fsp3) is 0.346. The molecule has 0 bridgehead atoms. The van der Waals surface area contributed by atoms with Crippen molar-refractivity contribution in [3.8, 4) is 17.1 Å². The zero-order chi connectivity index (χ0) is 28.2. The zero-order valence-electron chi connectivity index (χ0n) is 21.8. The van der Waals surface area contributed by atoms with Gasteiger partial charge in [0.25, 0.3) is 0 Å². The van der Waals surface area contributed by atoms with E-state index >= 15 is 0 Å². The second kappa shape index (κ2) is 11.5. The summed E-state index contributed by atoms with van der Waals surface area (Å²) < 4.78 is 50.9. The molecule has 1 aliphatic heterocycles. The number of hydrogen-bond acceptors (Lipinski definition) is 8. The Balaban J connectivity index is 1.30. The number of hydrogen-bond donors (Lipinski definition) is 2. The van der Waals surface area contributed by atoms with Crippen LogP contribution in [0.25, 0.3) is 11.3 Å². The molecule has 2 amide bonds. The molecule has 4 rings (SSSR count). The van der Waals surface area contributed by atoms with E-state index in [9.17, 15) is 22.4 Å². The molecule has 1 fully saturated rings. The normalized spacial score (nSPS) is 15.1. The first-order chi connectivity index (χ1) is 18.5. The summed E-state index contributed by atoms with van der Waals surface area (Å²) in [5.74, 6) is -1.22. The number of rotatable bonds is 8. The van der Waals surface area contributed by atoms with E-state index in [0.717, 1.165) is 12.1 Å². The predicted molar refractivity (Wildman–Crippen MR) is 141 cm³/mol. The number of anilines is 1. The van der Waals surface area contributed by atoms with E-state index in [-0.39, 0.29) is 18.0 Å². The first kappa shape index (κ1) is 28.2. The van der Waals surface area contributed by atoms with Gasteiger partial charge < -0.3 is 19.8 Å². The van der Waals surface area contributed by atoms with Gasteiger partial charge in [0.2, 0.25) is 10.0 Å². The van der Waals surface area contributed by atoms with Crippen molar-refractivity contribution in [3.63, 3.8) is 0 Å². The minimum absolute atomic E-state index is 0.0428. The summed E-state index contributed by atoms with van der Waals surface area (Å²) in [6, 6.07) is 9.63. The lowest BCUT2D eigenvalue weighted by Crippen LogP contribution is -2.57. The van der Waals surface area contributed by atoms with Crippen LogP contribution in [-0.4, -0.2) is 79.8 Å². The third kappa shape index (κ3) is 6.80. The molecule has 1 saturated heterocycles. The van der Waals surface area contributed by atoms with Crippen molar-refractivity contribution in [2.24, 2.45) is 0 Å². The number of carbonyl (C=O) groups excluding carboxylic acids is 2. The third-order valence-corrected chi connectivity index (χ3v) is 8.13. The van der Waals surface area contributed by atoms with Gasteiger partial charge in [0.05, 0.1) is 23.8 Å². The molecule has 1 aliphatic rings. The summed E-state index contributed by atoms with van der Waals surface area (Å²) in [5.41, 5.74) is 0.232. The average Bonchev–Trinajstić information content (AvgIpc) is 3.43. The van der Waals surface area contributed by atoms with Crippen molar-refractivity contribution in [2.75, 3.05) is 45.2 Å². The van der Waals surface area contributed by atoms with Gasteiger partial charge in [0, 0.05) is 50.0 Å². The van der Waals surface area contributed by atoms with E-state index in [0.29, 0.717) is 42.4 Å². The first-order valence-electron chi connectivity index (χ1n) is 12.2. The van der Waals surface area contributed by atoms with Crippen molar-refractivity contribution in [3.05, 3.63) is 60.9 Å². The molecule has 0 unspecified atom stereocenters. The Kier molecular flexibility index (Phi) is 8.33. The molecule has 11 nitrogen and oxygen atoms in total. The smallest absolute Gasteiger partial charge is 0.313 e. The quantitative estimate of drug-likeness (QED) is 0.402. The number of nitrogens with one attached hydrogen (secondary N) is 2. The first-order valence-corrected chi connectivity index (χ1v) is 13.6. The lowest BCUT2D eigenvalue weighted by molar-refractivity contribution is -0.137. The Hall–Kier alpha value is -3.81.